The molecule has 0 heterocycles. The molecule has 122 valence electrons. The monoisotopic (exact) mass is 338 g/mol. The van der Waals surface area contributed by atoms with E-state index >= 15 is 0 Å². The maximum atomic E-state index is 14.1. The van der Waals surface area contributed by atoms with Gasteiger partial charge in [-0.15, -0.1) is 0 Å². The van der Waals surface area contributed by atoms with E-state index in [1.807, 2.05) is 0 Å². The normalized spacial score (nSPS) is 15.0. The molecule has 22 heavy (non-hydrogen) atoms. The van der Waals surface area contributed by atoms with Crippen molar-refractivity contribution in [2.45, 2.75) is 18.1 Å². The quantitative estimate of drug-likeness (QED) is 0.826. The molecule has 0 unspecified atom stereocenters. The third-order valence-corrected chi connectivity index (χ3v) is 4.39. The fourth-order valence-corrected chi connectivity index (χ4v) is 2.85. The molecule has 0 spiro atoms. The fraction of sp³-hybridized carbons (Fsp3) is 0.385. The second kappa shape index (κ2) is 5.81. The van der Waals surface area contributed by atoms with Gasteiger partial charge in [0.25, 0.3) is 0 Å². The number of rotatable bonds is 5. The minimum atomic E-state index is -5.72. The summed E-state index contributed by atoms with van der Waals surface area (Å²) in [6.07, 6.45) is 1.63. The maximum absolute atomic E-state index is 14.1. The van der Waals surface area contributed by atoms with Crippen LogP contribution in [0.1, 0.15) is 17.5 Å². The van der Waals surface area contributed by atoms with E-state index in [4.69, 9.17) is 9.47 Å². The average molecular weight is 338 g/mol. The molecule has 0 aromatic heterocycles. The molecule has 0 atom stereocenters. The summed E-state index contributed by atoms with van der Waals surface area (Å²) in [5.41, 5.74) is -0.439. The first-order valence-electron chi connectivity index (χ1n) is 6.17. The minimum absolute atomic E-state index is 0.0467. The van der Waals surface area contributed by atoms with Gasteiger partial charge in [0.15, 0.2) is 11.5 Å². The van der Waals surface area contributed by atoms with E-state index in [9.17, 15) is 21.7 Å². The maximum Gasteiger partial charge on any atom is 0.398 e. The van der Waals surface area contributed by atoms with E-state index in [0.29, 0.717) is 17.7 Å². The van der Waals surface area contributed by atoms with Gasteiger partial charge in [0.05, 0.1) is 14.2 Å². The van der Waals surface area contributed by atoms with Crippen LogP contribution in [0.3, 0.4) is 0 Å². The number of fused-ring (bicyclic) bond motifs is 1. The zero-order chi connectivity index (χ0) is 16.5. The molecule has 0 bridgehead atoms. The molecule has 0 N–H and O–H groups in total. The number of hydrogen-bond acceptors (Lipinski definition) is 5. The predicted octanol–water partition coefficient (Wildman–Crippen LogP) is 2.86. The highest BCUT2D eigenvalue weighted by molar-refractivity contribution is 7.88. The standard InChI is InChI=1S/C13H13F3O5S/c1-19-11-6-8-4-3-5-10(9(8)7-12(11)20-2)13(14,15)22(17,18)21-16/h5-7H,3-4H2,1-2H3. The van der Waals surface area contributed by atoms with Crippen molar-refractivity contribution in [3.63, 3.8) is 0 Å². The lowest BCUT2D eigenvalue weighted by atomic mass is 9.90. The largest absolute Gasteiger partial charge is 0.493 e. The van der Waals surface area contributed by atoms with Crippen molar-refractivity contribution in [3.05, 3.63) is 29.3 Å². The number of methoxy groups -OCH3 is 2. The van der Waals surface area contributed by atoms with Crippen molar-refractivity contribution in [2.24, 2.45) is 0 Å². The summed E-state index contributed by atoms with van der Waals surface area (Å²) in [6, 6.07) is 2.72. The van der Waals surface area contributed by atoms with Crippen molar-refractivity contribution in [2.75, 3.05) is 14.2 Å². The first kappa shape index (κ1) is 16.6. The van der Waals surface area contributed by atoms with Gasteiger partial charge in [-0.3, -0.25) is 0 Å². The Morgan fingerprint density at radius 3 is 2.27 bits per heavy atom. The van der Waals surface area contributed by atoms with Crippen LogP contribution >= 0.6 is 0 Å². The topological polar surface area (TPSA) is 61.8 Å². The van der Waals surface area contributed by atoms with Crippen molar-refractivity contribution in [1.82, 2.24) is 0 Å². The second-order valence-corrected chi connectivity index (χ2v) is 6.10. The fourth-order valence-electron chi connectivity index (χ4n) is 2.31. The smallest absolute Gasteiger partial charge is 0.398 e. The van der Waals surface area contributed by atoms with Crippen LogP contribution < -0.4 is 9.47 Å². The van der Waals surface area contributed by atoms with Crippen LogP contribution in [0, 0.1) is 0 Å². The molecular formula is C13H13F3O5S. The number of benzene rings is 1. The van der Waals surface area contributed by atoms with E-state index in [1.165, 1.54) is 26.4 Å². The zero-order valence-electron chi connectivity index (χ0n) is 11.7. The van der Waals surface area contributed by atoms with Gasteiger partial charge >= 0.3 is 15.4 Å². The van der Waals surface area contributed by atoms with Crippen LogP contribution in [0.25, 0.3) is 5.57 Å². The molecule has 0 radical (unpaired) electrons. The Kier molecular flexibility index (Phi) is 4.39. The summed E-state index contributed by atoms with van der Waals surface area (Å²) in [4.78, 5) is 0. The lowest BCUT2D eigenvalue weighted by Crippen LogP contribution is -2.31. The molecule has 0 fully saturated rings. The molecule has 0 saturated heterocycles. The zero-order valence-corrected chi connectivity index (χ0v) is 12.5. The number of allylic oxidation sites excluding steroid dienone is 1. The Bertz CT molecular complexity index is 713. The Labute approximate surface area is 125 Å². The molecule has 0 saturated carbocycles. The predicted molar refractivity (Wildman–Crippen MR) is 71.9 cm³/mol. The van der Waals surface area contributed by atoms with Crippen LogP contribution in [0.2, 0.25) is 0 Å². The van der Waals surface area contributed by atoms with Gasteiger partial charge in [0.2, 0.25) is 0 Å². The SMILES string of the molecule is COc1cc2c(cc1OC)C(C(F)(F)S(=O)(=O)OF)=CCC2. The van der Waals surface area contributed by atoms with Crippen LogP contribution in [0.15, 0.2) is 18.2 Å². The Morgan fingerprint density at radius 1 is 1.14 bits per heavy atom. The molecular weight excluding hydrogens is 325 g/mol. The van der Waals surface area contributed by atoms with E-state index < -0.39 is 20.9 Å². The number of ether oxygens (including phenoxy) is 2. The summed E-state index contributed by atoms with van der Waals surface area (Å²) >= 11 is 0. The van der Waals surface area contributed by atoms with Gasteiger partial charge in [-0.1, -0.05) is 10.5 Å². The van der Waals surface area contributed by atoms with Crippen molar-refractivity contribution < 1.29 is 35.6 Å². The number of hydrogen-bond donors (Lipinski definition) is 0. The molecule has 5 nitrogen and oxygen atoms in total. The van der Waals surface area contributed by atoms with E-state index in [0.717, 1.165) is 6.08 Å². The van der Waals surface area contributed by atoms with Gasteiger partial charge in [0, 0.05) is 5.57 Å². The van der Waals surface area contributed by atoms with Gasteiger partial charge in [-0.2, -0.15) is 17.2 Å². The van der Waals surface area contributed by atoms with Crippen LogP contribution in [0.4, 0.5) is 13.3 Å². The highest BCUT2D eigenvalue weighted by Gasteiger charge is 2.52. The lowest BCUT2D eigenvalue weighted by molar-refractivity contribution is -0.0162. The summed E-state index contributed by atoms with van der Waals surface area (Å²) < 4.78 is 75.1. The summed E-state index contributed by atoms with van der Waals surface area (Å²) in [5.74, 6) is 0.485. The average Bonchev–Trinajstić information content (AvgIpc) is 2.52. The van der Waals surface area contributed by atoms with Gasteiger partial charge in [-0.25, -0.2) is 0 Å². The number of halogens is 3. The molecule has 1 aromatic carbocycles. The van der Waals surface area contributed by atoms with Crippen LogP contribution in [-0.2, 0) is 20.9 Å². The molecule has 1 aliphatic rings. The summed E-state index contributed by atoms with van der Waals surface area (Å²) in [7, 11) is -3.01. The molecule has 2 rings (SSSR count). The highest BCUT2D eigenvalue weighted by Crippen LogP contribution is 2.45. The molecule has 1 aromatic rings. The van der Waals surface area contributed by atoms with Crippen LogP contribution in [0.5, 0.6) is 11.5 Å². The number of alkyl halides is 2. The molecule has 0 aliphatic heterocycles. The van der Waals surface area contributed by atoms with E-state index in [-0.39, 0.29) is 17.7 Å². The Morgan fingerprint density at radius 2 is 1.73 bits per heavy atom. The molecule has 9 heteroatoms. The van der Waals surface area contributed by atoms with E-state index in [1.54, 1.807) is 0 Å². The van der Waals surface area contributed by atoms with Crippen molar-refractivity contribution >= 4 is 15.7 Å². The Balaban J connectivity index is 2.63. The van der Waals surface area contributed by atoms with Gasteiger partial charge in [-0.05, 0) is 40.6 Å². The highest BCUT2D eigenvalue weighted by atomic mass is 32.2. The third-order valence-electron chi connectivity index (χ3n) is 3.37. The summed E-state index contributed by atoms with van der Waals surface area (Å²) in [6.45, 7) is 0. The van der Waals surface area contributed by atoms with Crippen LogP contribution in [-0.4, -0.2) is 27.9 Å². The second-order valence-electron chi connectivity index (χ2n) is 4.55. The number of aryl methyl sites for hydroxylation is 1. The van der Waals surface area contributed by atoms with Gasteiger partial charge in [0.1, 0.15) is 0 Å². The van der Waals surface area contributed by atoms with E-state index in [2.05, 4.69) is 4.39 Å². The minimum Gasteiger partial charge on any atom is -0.493 e. The summed E-state index contributed by atoms with van der Waals surface area (Å²) in [5, 5.41) is -4.52. The third kappa shape index (κ3) is 2.54. The first-order chi connectivity index (χ1) is 10.3. The lowest BCUT2D eigenvalue weighted by Gasteiger charge is -2.24. The first-order valence-corrected chi connectivity index (χ1v) is 7.57. The van der Waals surface area contributed by atoms with Gasteiger partial charge < -0.3 is 9.47 Å². The molecule has 0 amide bonds. The Hall–Kier alpha value is -1.74. The van der Waals surface area contributed by atoms with Crippen molar-refractivity contribution in [1.29, 1.82) is 0 Å². The van der Waals surface area contributed by atoms with Crippen molar-refractivity contribution in [3.8, 4) is 11.5 Å². The molecule has 1 aliphatic carbocycles.